The van der Waals surface area contributed by atoms with Crippen LogP contribution < -0.4 is 10.5 Å². The number of rotatable bonds is 5. The number of halogens is 1. The zero-order valence-corrected chi connectivity index (χ0v) is 11.0. The van der Waals surface area contributed by atoms with Crippen molar-refractivity contribution < 1.29 is 4.74 Å². The van der Waals surface area contributed by atoms with Gasteiger partial charge in [0.15, 0.2) is 0 Å². The normalized spacial score (nSPS) is 10.8. The van der Waals surface area contributed by atoms with Gasteiger partial charge in [-0.3, -0.25) is 0 Å². The van der Waals surface area contributed by atoms with Crippen LogP contribution in [0.2, 0.25) is 5.02 Å². The Balaban J connectivity index is 2.95. The molecule has 0 aliphatic rings. The van der Waals surface area contributed by atoms with E-state index in [9.17, 15) is 0 Å². The van der Waals surface area contributed by atoms with Gasteiger partial charge in [0.1, 0.15) is 5.75 Å². The second-order valence-corrected chi connectivity index (χ2v) is 4.71. The van der Waals surface area contributed by atoms with Crippen molar-refractivity contribution in [3.05, 3.63) is 22.7 Å². The minimum atomic E-state index is 0.359. The smallest absolute Gasteiger partial charge is 0.145 e. The number of hydrogen-bond donors (Lipinski definition) is 1. The maximum atomic E-state index is 5.99. The lowest BCUT2D eigenvalue weighted by Gasteiger charge is -2.16. The van der Waals surface area contributed by atoms with Crippen molar-refractivity contribution in [2.24, 2.45) is 0 Å². The number of hydrogen-bond acceptors (Lipinski definition) is 2. The Morgan fingerprint density at radius 1 is 1.38 bits per heavy atom. The average Bonchev–Trinajstić information content (AvgIpc) is 2.20. The molecule has 0 amide bonds. The predicted molar refractivity (Wildman–Crippen MR) is 70.4 cm³/mol. The summed E-state index contributed by atoms with van der Waals surface area (Å²) in [6, 6.07) is 3.68. The summed E-state index contributed by atoms with van der Waals surface area (Å²) >= 11 is 5.99. The molecular weight excluding hydrogens is 222 g/mol. The first-order valence-corrected chi connectivity index (χ1v) is 6.15. The standard InChI is InChI=1S/C13H20ClNO/c1-4-5-6-16-13-11(9(2)3)7-10(14)8-12(13)15/h7-9H,4-6,15H2,1-3H3. The Morgan fingerprint density at radius 3 is 2.62 bits per heavy atom. The van der Waals surface area contributed by atoms with E-state index in [4.69, 9.17) is 22.1 Å². The summed E-state index contributed by atoms with van der Waals surface area (Å²) in [5.41, 5.74) is 7.65. The quantitative estimate of drug-likeness (QED) is 0.619. The molecule has 0 aromatic heterocycles. The zero-order chi connectivity index (χ0) is 12.1. The van der Waals surface area contributed by atoms with Crippen LogP contribution in [-0.4, -0.2) is 6.61 Å². The lowest BCUT2D eigenvalue weighted by molar-refractivity contribution is 0.307. The van der Waals surface area contributed by atoms with Crippen molar-refractivity contribution >= 4 is 17.3 Å². The summed E-state index contributed by atoms with van der Waals surface area (Å²) in [6.45, 7) is 7.07. The third kappa shape index (κ3) is 3.31. The maximum Gasteiger partial charge on any atom is 0.145 e. The lowest BCUT2D eigenvalue weighted by atomic mass is 10.0. The molecule has 1 aromatic carbocycles. The molecule has 0 aliphatic heterocycles. The van der Waals surface area contributed by atoms with Gasteiger partial charge in [-0.1, -0.05) is 38.8 Å². The highest BCUT2D eigenvalue weighted by molar-refractivity contribution is 6.31. The molecule has 0 aliphatic carbocycles. The van der Waals surface area contributed by atoms with Crippen molar-refractivity contribution in [3.8, 4) is 5.75 Å². The van der Waals surface area contributed by atoms with Crippen LogP contribution in [-0.2, 0) is 0 Å². The summed E-state index contributed by atoms with van der Waals surface area (Å²) in [5.74, 6) is 1.16. The Bertz CT molecular complexity index is 350. The van der Waals surface area contributed by atoms with Crippen LogP contribution in [0.15, 0.2) is 12.1 Å². The predicted octanol–water partition coefficient (Wildman–Crippen LogP) is 4.22. The first kappa shape index (κ1) is 13.2. The van der Waals surface area contributed by atoms with Crippen molar-refractivity contribution in [1.82, 2.24) is 0 Å². The number of ether oxygens (including phenoxy) is 1. The van der Waals surface area contributed by atoms with Gasteiger partial charge in [-0.15, -0.1) is 0 Å². The van der Waals surface area contributed by atoms with Gasteiger partial charge < -0.3 is 10.5 Å². The third-order valence-electron chi connectivity index (χ3n) is 2.48. The van der Waals surface area contributed by atoms with E-state index in [1.807, 2.05) is 6.07 Å². The van der Waals surface area contributed by atoms with E-state index in [1.54, 1.807) is 6.07 Å². The number of benzene rings is 1. The summed E-state index contributed by atoms with van der Waals surface area (Å²) in [4.78, 5) is 0. The summed E-state index contributed by atoms with van der Waals surface area (Å²) in [6.07, 6.45) is 2.16. The van der Waals surface area contributed by atoms with Gasteiger partial charge in [-0.2, -0.15) is 0 Å². The molecule has 0 unspecified atom stereocenters. The molecule has 16 heavy (non-hydrogen) atoms. The molecule has 1 rings (SSSR count). The molecule has 1 aromatic rings. The third-order valence-corrected chi connectivity index (χ3v) is 2.70. The van der Waals surface area contributed by atoms with Crippen molar-refractivity contribution in [3.63, 3.8) is 0 Å². The number of nitrogen functional groups attached to an aromatic ring is 1. The van der Waals surface area contributed by atoms with Crippen LogP contribution >= 0.6 is 11.6 Å². The van der Waals surface area contributed by atoms with Crippen LogP contribution in [0.3, 0.4) is 0 Å². The Hall–Kier alpha value is -0.890. The second-order valence-electron chi connectivity index (χ2n) is 4.27. The highest BCUT2D eigenvalue weighted by Crippen LogP contribution is 2.35. The van der Waals surface area contributed by atoms with E-state index in [0.717, 1.165) is 24.2 Å². The molecule has 90 valence electrons. The Kier molecular flexibility index (Phi) is 4.94. The minimum absolute atomic E-state index is 0.359. The van der Waals surface area contributed by atoms with Gasteiger partial charge in [0.25, 0.3) is 0 Å². The van der Waals surface area contributed by atoms with Crippen molar-refractivity contribution in [2.45, 2.75) is 39.5 Å². The van der Waals surface area contributed by atoms with Gasteiger partial charge in [-0.05, 0) is 24.5 Å². The van der Waals surface area contributed by atoms with E-state index in [0.29, 0.717) is 23.2 Å². The second kappa shape index (κ2) is 6.00. The number of anilines is 1. The molecule has 0 saturated heterocycles. The minimum Gasteiger partial charge on any atom is -0.491 e. The van der Waals surface area contributed by atoms with Crippen molar-refractivity contribution in [1.29, 1.82) is 0 Å². The van der Waals surface area contributed by atoms with Crippen LogP contribution in [0, 0.1) is 0 Å². The fourth-order valence-corrected chi connectivity index (χ4v) is 1.79. The molecule has 3 heteroatoms. The molecule has 0 atom stereocenters. The number of unbranched alkanes of at least 4 members (excludes halogenated alkanes) is 1. The van der Waals surface area contributed by atoms with Crippen molar-refractivity contribution in [2.75, 3.05) is 12.3 Å². The Morgan fingerprint density at radius 2 is 2.06 bits per heavy atom. The molecule has 0 radical (unpaired) electrons. The van der Waals surface area contributed by atoms with E-state index >= 15 is 0 Å². The first-order valence-electron chi connectivity index (χ1n) is 5.78. The lowest BCUT2D eigenvalue weighted by Crippen LogP contribution is -2.04. The monoisotopic (exact) mass is 241 g/mol. The summed E-state index contributed by atoms with van der Waals surface area (Å²) in [7, 11) is 0. The van der Waals surface area contributed by atoms with E-state index < -0.39 is 0 Å². The van der Waals surface area contributed by atoms with Gasteiger partial charge in [-0.25, -0.2) is 0 Å². The van der Waals surface area contributed by atoms with Crippen LogP contribution in [0.5, 0.6) is 5.75 Å². The van der Waals surface area contributed by atoms with E-state index in [2.05, 4.69) is 20.8 Å². The molecular formula is C13H20ClNO. The number of nitrogens with two attached hydrogens (primary N) is 1. The van der Waals surface area contributed by atoms with Crippen LogP contribution in [0.4, 0.5) is 5.69 Å². The molecule has 0 saturated carbocycles. The highest BCUT2D eigenvalue weighted by Gasteiger charge is 2.12. The van der Waals surface area contributed by atoms with Crippen LogP contribution in [0.1, 0.15) is 45.1 Å². The fourth-order valence-electron chi connectivity index (χ4n) is 1.55. The fraction of sp³-hybridized carbons (Fsp3) is 0.538. The van der Waals surface area contributed by atoms with Gasteiger partial charge >= 0.3 is 0 Å². The summed E-state index contributed by atoms with van der Waals surface area (Å²) in [5, 5.41) is 0.670. The molecule has 2 N–H and O–H groups in total. The highest BCUT2D eigenvalue weighted by atomic mass is 35.5. The molecule has 0 fully saturated rings. The van der Waals surface area contributed by atoms with E-state index in [-0.39, 0.29) is 0 Å². The Labute approximate surface area is 103 Å². The maximum absolute atomic E-state index is 5.99. The largest absolute Gasteiger partial charge is 0.491 e. The van der Waals surface area contributed by atoms with Gasteiger partial charge in [0, 0.05) is 10.6 Å². The zero-order valence-electron chi connectivity index (χ0n) is 10.2. The average molecular weight is 242 g/mol. The van der Waals surface area contributed by atoms with Crippen LogP contribution in [0.25, 0.3) is 0 Å². The summed E-state index contributed by atoms with van der Waals surface area (Å²) < 4.78 is 5.74. The molecule has 0 bridgehead atoms. The molecule has 2 nitrogen and oxygen atoms in total. The van der Waals surface area contributed by atoms with Gasteiger partial charge in [0.05, 0.1) is 12.3 Å². The first-order chi connectivity index (χ1) is 7.56. The SMILES string of the molecule is CCCCOc1c(N)cc(Cl)cc1C(C)C. The molecule has 0 spiro atoms. The van der Waals surface area contributed by atoms with Gasteiger partial charge in [0.2, 0.25) is 0 Å². The topological polar surface area (TPSA) is 35.2 Å². The van der Waals surface area contributed by atoms with E-state index in [1.165, 1.54) is 0 Å². The molecule has 0 heterocycles.